The Labute approximate surface area is 94.0 Å². The molecular weight excluding hydrogens is 188 g/mol. The Kier molecular flexibility index (Phi) is 5.03. The molecule has 0 aromatic carbocycles. The summed E-state index contributed by atoms with van der Waals surface area (Å²) in [5.41, 5.74) is 6.22. The third kappa shape index (κ3) is 2.71. The van der Waals surface area contributed by atoms with E-state index in [0.29, 0.717) is 6.04 Å². The Hall–Kier alpha value is -0.120. The number of nitrogens with zero attached hydrogens (tertiary/aromatic N) is 1. The lowest BCUT2D eigenvalue weighted by Gasteiger charge is -2.48. The van der Waals surface area contributed by atoms with Gasteiger partial charge in [-0.3, -0.25) is 4.90 Å². The Morgan fingerprint density at radius 1 is 1.47 bits per heavy atom. The average Bonchev–Trinajstić information content (AvgIpc) is 2.27. The van der Waals surface area contributed by atoms with Crippen molar-refractivity contribution < 1.29 is 4.74 Å². The van der Waals surface area contributed by atoms with E-state index < -0.39 is 0 Å². The van der Waals surface area contributed by atoms with Crippen LogP contribution in [0.2, 0.25) is 0 Å². The van der Waals surface area contributed by atoms with Crippen LogP contribution in [0.4, 0.5) is 0 Å². The molecule has 0 spiro atoms. The van der Waals surface area contributed by atoms with Crippen LogP contribution in [0.15, 0.2) is 0 Å². The minimum Gasteiger partial charge on any atom is -0.379 e. The van der Waals surface area contributed by atoms with Crippen molar-refractivity contribution in [1.82, 2.24) is 4.90 Å². The van der Waals surface area contributed by atoms with E-state index in [2.05, 4.69) is 25.7 Å². The third-order valence-corrected chi connectivity index (χ3v) is 3.73. The van der Waals surface area contributed by atoms with E-state index in [0.717, 1.165) is 32.7 Å². The van der Waals surface area contributed by atoms with E-state index in [1.54, 1.807) is 0 Å². The van der Waals surface area contributed by atoms with Crippen molar-refractivity contribution in [2.75, 3.05) is 26.3 Å². The van der Waals surface area contributed by atoms with Crippen LogP contribution in [0, 0.1) is 0 Å². The second kappa shape index (κ2) is 5.83. The zero-order valence-electron chi connectivity index (χ0n) is 10.5. The standard InChI is InChI=1S/C12H26N2O/c1-4-6-12(5-2,10-13)14-7-8-15-9-11(14)3/h11H,4-10,13H2,1-3H3. The number of hydrogen-bond acceptors (Lipinski definition) is 3. The lowest BCUT2D eigenvalue weighted by Crippen LogP contribution is -2.60. The summed E-state index contributed by atoms with van der Waals surface area (Å²) < 4.78 is 5.49. The highest BCUT2D eigenvalue weighted by Gasteiger charge is 2.37. The Balaban J connectivity index is 2.75. The largest absolute Gasteiger partial charge is 0.379 e. The van der Waals surface area contributed by atoms with Gasteiger partial charge in [-0.05, 0) is 19.8 Å². The molecule has 3 nitrogen and oxygen atoms in total. The van der Waals surface area contributed by atoms with Gasteiger partial charge in [0.2, 0.25) is 0 Å². The molecule has 90 valence electrons. The highest BCUT2D eigenvalue weighted by molar-refractivity contribution is 4.93. The molecule has 3 heteroatoms. The van der Waals surface area contributed by atoms with Gasteiger partial charge in [0.05, 0.1) is 13.2 Å². The van der Waals surface area contributed by atoms with Crippen LogP contribution in [0.3, 0.4) is 0 Å². The fourth-order valence-electron chi connectivity index (χ4n) is 2.78. The molecule has 0 aromatic heterocycles. The SMILES string of the molecule is CCCC(CC)(CN)N1CCOCC1C. The van der Waals surface area contributed by atoms with E-state index >= 15 is 0 Å². The minimum absolute atomic E-state index is 0.206. The molecule has 0 radical (unpaired) electrons. The van der Waals surface area contributed by atoms with Crippen molar-refractivity contribution in [3.8, 4) is 0 Å². The highest BCUT2D eigenvalue weighted by Crippen LogP contribution is 2.28. The number of morpholine rings is 1. The molecule has 0 aliphatic carbocycles. The molecule has 0 bridgehead atoms. The Bertz CT molecular complexity index is 180. The number of nitrogens with two attached hydrogens (primary N) is 1. The lowest BCUT2D eigenvalue weighted by molar-refractivity contribution is -0.0611. The molecule has 0 saturated carbocycles. The van der Waals surface area contributed by atoms with E-state index in [1.807, 2.05) is 0 Å². The van der Waals surface area contributed by atoms with E-state index in [4.69, 9.17) is 10.5 Å². The predicted molar refractivity (Wildman–Crippen MR) is 64.0 cm³/mol. The van der Waals surface area contributed by atoms with Crippen molar-refractivity contribution >= 4 is 0 Å². The van der Waals surface area contributed by atoms with Crippen LogP contribution in [-0.2, 0) is 4.74 Å². The monoisotopic (exact) mass is 214 g/mol. The fourth-order valence-corrected chi connectivity index (χ4v) is 2.78. The average molecular weight is 214 g/mol. The smallest absolute Gasteiger partial charge is 0.0620 e. The molecule has 1 fully saturated rings. The molecule has 0 aromatic rings. The maximum Gasteiger partial charge on any atom is 0.0620 e. The van der Waals surface area contributed by atoms with Crippen molar-refractivity contribution in [3.63, 3.8) is 0 Å². The number of hydrogen-bond donors (Lipinski definition) is 1. The van der Waals surface area contributed by atoms with Gasteiger partial charge in [-0.2, -0.15) is 0 Å². The highest BCUT2D eigenvalue weighted by atomic mass is 16.5. The maximum atomic E-state index is 6.01. The zero-order chi connectivity index (χ0) is 11.3. The summed E-state index contributed by atoms with van der Waals surface area (Å²) in [4.78, 5) is 2.57. The molecule has 15 heavy (non-hydrogen) atoms. The molecule has 1 heterocycles. The van der Waals surface area contributed by atoms with Crippen molar-refractivity contribution in [2.24, 2.45) is 5.73 Å². The molecule has 1 saturated heterocycles. The molecule has 1 aliphatic heterocycles. The number of rotatable bonds is 5. The molecule has 1 aliphatic rings. The quantitative estimate of drug-likeness (QED) is 0.755. The van der Waals surface area contributed by atoms with Crippen molar-refractivity contribution in [3.05, 3.63) is 0 Å². The van der Waals surface area contributed by atoms with Crippen molar-refractivity contribution in [2.45, 2.75) is 51.6 Å². The normalized spacial score (nSPS) is 27.6. The molecule has 2 atom stereocenters. The first kappa shape index (κ1) is 12.9. The number of ether oxygens (including phenoxy) is 1. The predicted octanol–water partition coefficient (Wildman–Crippen LogP) is 1.61. The molecule has 0 amide bonds. The summed E-state index contributed by atoms with van der Waals surface area (Å²) in [6.45, 7) is 10.2. The summed E-state index contributed by atoms with van der Waals surface area (Å²) in [5, 5.41) is 0. The summed E-state index contributed by atoms with van der Waals surface area (Å²) in [6, 6.07) is 0.508. The van der Waals surface area contributed by atoms with Gasteiger partial charge in [-0.1, -0.05) is 20.3 Å². The molecule has 1 rings (SSSR count). The van der Waals surface area contributed by atoms with Gasteiger partial charge in [-0.25, -0.2) is 0 Å². The minimum atomic E-state index is 0.206. The van der Waals surface area contributed by atoms with Crippen LogP contribution >= 0.6 is 0 Å². The second-order valence-corrected chi connectivity index (χ2v) is 4.65. The van der Waals surface area contributed by atoms with Gasteiger partial charge in [0, 0.05) is 24.7 Å². The van der Waals surface area contributed by atoms with Gasteiger partial charge in [0.1, 0.15) is 0 Å². The zero-order valence-corrected chi connectivity index (χ0v) is 10.5. The summed E-state index contributed by atoms with van der Waals surface area (Å²) >= 11 is 0. The first-order valence-electron chi connectivity index (χ1n) is 6.24. The topological polar surface area (TPSA) is 38.5 Å². The van der Waals surface area contributed by atoms with Gasteiger partial charge in [-0.15, -0.1) is 0 Å². The first-order valence-corrected chi connectivity index (χ1v) is 6.24. The maximum absolute atomic E-state index is 6.01. The van der Waals surface area contributed by atoms with Gasteiger partial charge in [0.25, 0.3) is 0 Å². The fraction of sp³-hybridized carbons (Fsp3) is 1.00. The summed E-state index contributed by atoms with van der Waals surface area (Å²) in [5.74, 6) is 0. The van der Waals surface area contributed by atoms with Gasteiger partial charge < -0.3 is 10.5 Å². The van der Waals surface area contributed by atoms with Crippen molar-refractivity contribution in [1.29, 1.82) is 0 Å². The molecular formula is C12H26N2O. The molecule has 2 unspecified atom stereocenters. The first-order chi connectivity index (χ1) is 7.20. The van der Waals surface area contributed by atoms with E-state index in [-0.39, 0.29) is 5.54 Å². The van der Waals surface area contributed by atoms with Gasteiger partial charge >= 0.3 is 0 Å². The Morgan fingerprint density at radius 2 is 2.20 bits per heavy atom. The molecule has 2 N–H and O–H groups in total. The van der Waals surface area contributed by atoms with Crippen LogP contribution in [0.5, 0.6) is 0 Å². The van der Waals surface area contributed by atoms with Crippen LogP contribution in [-0.4, -0.2) is 42.8 Å². The van der Waals surface area contributed by atoms with Crippen LogP contribution in [0.25, 0.3) is 0 Å². The van der Waals surface area contributed by atoms with Crippen LogP contribution < -0.4 is 5.73 Å². The third-order valence-electron chi connectivity index (χ3n) is 3.73. The van der Waals surface area contributed by atoms with Gasteiger partial charge in [0.15, 0.2) is 0 Å². The van der Waals surface area contributed by atoms with E-state index in [9.17, 15) is 0 Å². The van der Waals surface area contributed by atoms with Crippen LogP contribution in [0.1, 0.15) is 40.0 Å². The second-order valence-electron chi connectivity index (χ2n) is 4.65. The lowest BCUT2D eigenvalue weighted by atomic mass is 9.87. The van der Waals surface area contributed by atoms with E-state index in [1.165, 1.54) is 12.8 Å². The Morgan fingerprint density at radius 3 is 2.67 bits per heavy atom. The summed E-state index contributed by atoms with van der Waals surface area (Å²) in [7, 11) is 0. The summed E-state index contributed by atoms with van der Waals surface area (Å²) in [6.07, 6.45) is 3.54.